The average Bonchev–Trinajstić information content (AvgIpc) is 2.75. The van der Waals surface area contributed by atoms with Crippen molar-refractivity contribution in [3.63, 3.8) is 0 Å². The number of methoxy groups -OCH3 is 1. The fourth-order valence-corrected chi connectivity index (χ4v) is 2.51. The number of carbonyl (C=O) groups excluding carboxylic acids is 1. The Morgan fingerprint density at radius 3 is 2.57 bits per heavy atom. The van der Waals surface area contributed by atoms with Crippen LogP contribution in [0.2, 0.25) is 0 Å². The summed E-state index contributed by atoms with van der Waals surface area (Å²) in [6.07, 6.45) is 2.22. The molecule has 0 amide bonds. The van der Waals surface area contributed by atoms with Crippen LogP contribution >= 0.6 is 0 Å². The molecule has 0 saturated carbocycles. The van der Waals surface area contributed by atoms with Gasteiger partial charge in [-0.25, -0.2) is 9.78 Å². The van der Waals surface area contributed by atoms with Crippen LogP contribution < -0.4 is 9.47 Å². The number of rotatable bonds is 7. The summed E-state index contributed by atoms with van der Waals surface area (Å²) in [7, 11) is 1.24. The minimum absolute atomic E-state index is 0.0471. The first-order valence-corrected chi connectivity index (χ1v) is 8.54. The summed E-state index contributed by atoms with van der Waals surface area (Å²) in [5.41, 5.74) is 1.18. The zero-order valence-corrected chi connectivity index (χ0v) is 15.2. The van der Waals surface area contributed by atoms with Crippen molar-refractivity contribution in [2.75, 3.05) is 7.11 Å². The normalized spacial score (nSPS) is 11.0. The van der Waals surface area contributed by atoms with E-state index >= 15 is 0 Å². The molecule has 142 valence electrons. The maximum Gasteiger partial charge on any atom is 0.341 e. The lowest BCUT2D eigenvalue weighted by Gasteiger charge is -2.12. The van der Waals surface area contributed by atoms with E-state index in [0.29, 0.717) is 24.2 Å². The Balaban J connectivity index is 1.78. The number of hydrogen-bond acceptors (Lipinski definition) is 6. The molecule has 1 N–H and O–H groups in total. The summed E-state index contributed by atoms with van der Waals surface area (Å²) in [5.74, 6) is 0.785. The molecular weight excluding hydrogens is 358 g/mol. The van der Waals surface area contributed by atoms with Crippen molar-refractivity contribution < 1.29 is 24.1 Å². The molecular formula is C22H19NO5. The zero-order chi connectivity index (χ0) is 19.8. The van der Waals surface area contributed by atoms with Gasteiger partial charge < -0.3 is 19.3 Å². The third kappa shape index (κ3) is 4.67. The molecule has 6 heteroatoms. The van der Waals surface area contributed by atoms with Crippen LogP contribution in [0.4, 0.5) is 0 Å². The molecule has 0 bridgehead atoms. The second kappa shape index (κ2) is 9.23. The maximum atomic E-state index is 11.9. The Morgan fingerprint density at radius 2 is 1.82 bits per heavy atom. The first-order valence-electron chi connectivity index (χ1n) is 8.54. The summed E-state index contributed by atoms with van der Waals surface area (Å²) >= 11 is 0. The van der Waals surface area contributed by atoms with E-state index in [1.165, 1.54) is 13.3 Å². The second-order valence-electron chi connectivity index (χ2n) is 5.74. The van der Waals surface area contributed by atoms with Gasteiger partial charge in [0.05, 0.1) is 18.9 Å². The highest BCUT2D eigenvalue weighted by atomic mass is 16.5. The van der Waals surface area contributed by atoms with Crippen molar-refractivity contribution in [3.8, 4) is 17.4 Å². The van der Waals surface area contributed by atoms with E-state index in [1.807, 2.05) is 48.5 Å². The molecule has 0 aliphatic heterocycles. The number of pyridine rings is 1. The molecule has 0 aliphatic carbocycles. The Bertz CT molecular complexity index is 969. The fraction of sp³-hybridized carbons (Fsp3) is 0.0909. The van der Waals surface area contributed by atoms with E-state index in [4.69, 9.17) is 9.47 Å². The number of para-hydroxylation sites is 1. The number of aliphatic hydroxyl groups excluding tert-OH is 1. The van der Waals surface area contributed by atoms with Crippen molar-refractivity contribution >= 4 is 11.5 Å². The first-order chi connectivity index (χ1) is 13.7. The first kappa shape index (κ1) is 19.0. The van der Waals surface area contributed by atoms with E-state index in [2.05, 4.69) is 9.72 Å². The molecule has 3 aromatic rings. The molecule has 0 atom stereocenters. The number of carbonyl (C=O) groups is 1. The third-order valence-electron chi connectivity index (χ3n) is 3.86. The smallest absolute Gasteiger partial charge is 0.341 e. The lowest BCUT2D eigenvalue weighted by molar-refractivity contribution is -0.133. The number of benzene rings is 2. The van der Waals surface area contributed by atoms with Crippen LogP contribution in [0.1, 0.15) is 11.1 Å². The van der Waals surface area contributed by atoms with Gasteiger partial charge in [0.25, 0.3) is 0 Å². The van der Waals surface area contributed by atoms with E-state index in [1.54, 1.807) is 18.2 Å². The average molecular weight is 377 g/mol. The van der Waals surface area contributed by atoms with E-state index in [0.717, 1.165) is 11.3 Å². The van der Waals surface area contributed by atoms with Crippen LogP contribution in [-0.4, -0.2) is 23.2 Å². The van der Waals surface area contributed by atoms with Crippen LogP contribution in [0.25, 0.3) is 5.57 Å². The van der Waals surface area contributed by atoms with Crippen LogP contribution in [-0.2, 0) is 16.1 Å². The van der Waals surface area contributed by atoms with Gasteiger partial charge in [-0.2, -0.15) is 0 Å². The highest BCUT2D eigenvalue weighted by molar-refractivity contribution is 6.16. The van der Waals surface area contributed by atoms with Crippen LogP contribution in [0.15, 0.2) is 79.2 Å². The Labute approximate surface area is 162 Å². The quantitative estimate of drug-likeness (QED) is 0.370. The van der Waals surface area contributed by atoms with Gasteiger partial charge in [-0.3, -0.25) is 0 Å². The second-order valence-corrected chi connectivity index (χ2v) is 5.74. The van der Waals surface area contributed by atoms with Gasteiger partial charge in [0.15, 0.2) is 0 Å². The SMILES string of the molecule is COC(=O)C(=CO)c1cccnc1Oc1cccc(COc2ccccc2)c1. The molecule has 2 aromatic carbocycles. The maximum absolute atomic E-state index is 11.9. The summed E-state index contributed by atoms with van der Waals surface area (Å²) in [5, 5.41) is 9.43. The van der Waals surface area contributed by atoms with Crippen molar-refractivity contribution in [2.45, 2.75) is 6.61 Å². The van der Waals surface area contributed by atoms with Gasteiger partial charge in [0.1, 0.15) is 23.7 Å². The number of aromatic nitrogens is 1. The minimum Gasteiger partial charge on any atom is -0.515 e. The highest BCUT2D eigenvalue weighted by Gasteiger charge is 2.18. The van der Waals surface area contributed by atoms with Gasteiger partial charge in [0, 0.05) is 6.20 Å². The van der Waals surface area contributed by atoms with Gasteiger partial charge in [-0.05, 0) is 42.0 Å². The number of aliphatic hydroxyl groups is 1. The number of esters is 1. The fourth-order valence-electron chi connectivity index (χ4n) is 2.51. The largest absolute Gasteiger partial charge is 0.515 e. The predicted octanol–water partition coefficient (Wildman–Crippen LogP) is 4.52. The standard InChI is InChI=1S/C22H19NO5/c1-26-22(25)20(14-24)19-11-6-12-23-21(19)28-18-10-5-7-16(13-18)15-27-17-8-3-2-4-9-17/h2-14,24H,15H2,1H3. The molecule has 1 heterocycles. The summed E-state index contributed by atoms with van der Waals surface area (Å²) < 4.78 is 16.3. The molecule has 0 unspecified atom stereocenters. The van der Waals surface area contributed by atoms with Crippen molar-refractivity contribution in [1.29, 1.82) is 0 Å². The van der Waals surface area contributed by atoms with E-state index < -0.39 is 5.97 Å². The van der Waals surface area contributed by atoms with Gasteiger partial charge in [0.2, 0.25) is 5.88 Å². The van der Waals surface area contributed by atoms with Gasteiger partial charge in [-0.15, -0.1) is 0 Å². The number of ether oxygens (including phenoxy) is 3. The van der Waals surface area contributed by atoms with Crippen LogP contribution in [0.3, 0.4) is 0 Å². The molecule has 6 nitrogen and oxygen atoms in total. The molecule has 0 aliphatic rings. The van der Waals surface area contributed by atoms with E-state index in [9.17, 15) is 9.90 Å². The van der Waals surface area contributed by atoms with Crippen LogP contribution in [0, 0.1) is 0 Å². The third-order valence-corrected chi connectivity index (χ3v) is 3.86. The summed E-state index contributed by atoms with van der Waals surface area (Å²) in [4.78, 5) is 16.0. The zero-order valence-electron chi connectivity index (χ0n) is 15.2. The number of hydrogen-bond donors (Lipinski definition) is 1. The Morgan fingerprint density at radius 1 is 1.04 bits per heavy atom. The lowest BCUT2D eigenvalue weighted by atomic mass is 10.1. The molecule has 0 spiro atoms. The lowest BCUT2D eigenvalue weighted by Crippen LogP contribution is -2.06. The molecule has 3 rings (SSSR count). The van der Waals surface area contributed by atoms with Crippen molar-refractivity contribution in [2.24, 2.45) is 0 Å². The van der Waals surface area contributed by atoms with E-state index in [-0.39, 0.29) is 11.5 Å². The van der Waals surface area contributed by atoms with Crippen molar-refractivity contribution in [1.82, 2.24) is 4.98 Å². The molecule has 28 heavy (non-hydrogen) atoms. The van der Waals surface area contributed by atoms with Gasteiger partial charge in [-0.1, -0.05) is 30.3 Å². The number of nitrogens with zero attached hydrogens (tertiary/aromatic N) is 1. The Hall–Kier alpha value is -3.80. The topological polar surface area (TPSA) is 77.9 Å². The predicted molar refractivity (Wildman–Crippen MR) is 104 cm³/mol. The monoisotopic (exact) mass is 377 g/mol. The molecule has 0 fully saturated rings. The Kier molecular flexibility index (Phi) is 6.25. The molecule has 0 saturated heterocycles. The summed E-state index contributed by atoms with van der Waals surface area (Å²) in [6, 6.07) is 20.1. The highest BCUT2D eigenvalue weighted by Crippen LogP contribution is 2.29. The molecule has 0 radical (unpaired) electrons. The minimum atomic E-state index is -0.689. The molecule has 1 aromatic heterocycles. The van der Waals surface area contributed by atoms with Crippen LogP contribution in [0.5, 0.6) is 17.4 Å². The van der Waals surface area contributed by atoms with Gasteiger partial charge >= 0.3 is 5.97 Å². The summed E-state index contributed by atoms with van der Waals surface area (Å²) in [6.45, 7) is 0.375. The van der Waals surface area contributed by atoms with Crippen molar-refractivity contribution in [3.05, 3.63) is 90.3 Å².